The lowest BCUT2D eigenvalue weighted by Crippen LogP contribution is -2.27. The molecule has 10 rings (SSSR count). The Hall–Kier alpha value is -4.22. The third-order valence-electron chi connectivity index (χ3n) is 11.1. The van der Waals surface area contributed by atoms with Crippen molar-refractivity contribution >= 4 is 46.1 Å². The normalized spacial score (nSPS) is 18.1. The van der Waals surface area contributed by atoms with Crippen molar-refractivity contribution in [2.45, 2.75) is 31.1 Å². The average molecular weight is 617 g/mol. The van der Waals surface area contributed by atoms with Crippen molar-refractivity contribution < 1.29 is 9.13 Å². The molecule has 1 fully saturated rings. The van der Waals surface area contributed by atoms with Crippen LogP contribution in [0.1, 0.15) is 36.8 Å². The van der Waals surface area contributed by atoms with E-state index in [1.165, 1.54) is 22.3 Å². The van der Waals surface area contributed by atoms with Crippen molar-refractivity contribution in [3.8, 4) is 33.4 Å². The molecule has 1 saturated carbocycles. The minimum Gasteiger partial charge on any atom is -0.309 e. The van der Waals surface area contributed by atoms with E-state index in [2.05, 4.69) is 84.9 Å². The molecule has 0 amide bonds. The molecule has 0 radical (unpaired) electrons. The average Bonchev–Trinajstić information content (AvgIpc) is 3.83. The summed E-state index contributed by atoms with van der Waals surface area (Å²) in [6.07, 6.45) is 4.41. The molecule has 0 saturated heterocycles. The van der Waals surface area contributed by atoms with Gasteiger partial charge in [-0.15, -0.1) is 0 Å². The first-order valence-electron chi connectivity index (χ1n) is 15.9. The summed E-state index contributed by atoms with van der Waals surface area (Å²) in [6.45, 7) is 0. The molecule has 6 aromatic rings. The second-order valence-electron chi connectivity index (χ2n) is 13.0. The summed E-state index contributed by atoms with van der Waals surface area (Å²) in [5, 5.41) is 5.62. The van der Waals surface area contributed by atoms with E-state index in [-0.39, 0.29) is 5.41 Å². The summed E-state index contributed by atoms with van der Waals surface area (Å²) in [6, 6.07) is 46.2. The summed E-state index contributed by atoms with van der Waals surface area (Å²) in [5.74, 6) is 0. The Morgan fingerprint density at radius 2 is 0.733 bits per heavy atom. The minimum atomic E-state index is -3.04. The van der Waals surface area contributed by atoms with Crippen LogP contribution in [0.5, 0.6) is 0 Å². The molecular weight excluding hydrogens is 586 g/mol. The fourth-order valence-electron chi connectivity index (χ4n) is 9.10. The van der Waals surface area contributed by atoms with Crippen molar-refractivity contribution in [1.82, 2.24) is 0 Å². The number of hydrogen-bond acceptors (Lipinski definition) is 2. The molecule has 216 valence electrons. The standard InChI is InChI=1S/C41H30O2P2/c42-44(37-15-5-1-11-31(37)32-12-2-6-16-38(32)44)27-19-21-29-30-22-20-28(26-36(30)41(35(29)25-27)23-9-10-24-41)45(43)39-17-7-3-13-33(39)34-14-4-8-18-40(34)45/h1-8,11-22,25-26H,9-10,23-24H2. The van der Waals surface area contributed by atoms with Crippen LogP contribution < -0.4 is 31.8 Å². The smallest absolute Gasteiger partial charge is 0.172 e. The van der Waals surface area contributed by atoms with Crippen LogP contribution in [-0.2, 0) is 14.5 Å². The SMILES string of the molecule is O=P1(c2ccc3c(c2)C2(CCCC2)c2cc(P4(=O)c5ccccc5-c5ccccc54)ccc2-3)c2ccccc2-c2ccccc21. The Balaban J connectivity index is 1.18. The molecule has 0 unspecified atom stereocenters. The van der Waals surface area contributed by atoms with Gasteiger partial charge in [0.15, 0.2) is 14.3 Å². The Morgan fingerprint density at radius 1 is 0.400 bits per heavy atom. The summed E-state index contributed by atoms with van der Waals surface area (Å²) < 4.78 is 30.8. The van der Waals surface area contributed by atoms with Crippen LogP contribution in [0.4, 0.5) is 0 Å². The monoisotopic (exact) mass is 616 g/mol. The number of hydrogen-bond donors (Lipinski definition) is 0. The van der Waals surface area contributed by atoms with Crippen molar-refractivity contribution in [2.24, 2.45) is 0 Å². The Morgan fingerprint density at radius 3 is 1.09 bits per heavy atom. The maximum Gasteiger partial charge on any atom is 0.172 e. The van der Waals surface area contributed by atoms with Crippen LogP contribution in [0.15, 0.2) is 133 Å². The molecule has 2 nitrogen and oxygen atoms in total. The van der Waals surface area contributed by atoms with E-state index < -0.39 is 14.3 Å². The zero-order valence-corrected chi connectivity index (χ0v) is 26.5. The maximum atomic E-state index is 15.4. The van der Waals surface area contributed by atoms with Gasteiger partial charge < -0.3 is 9.13 Å². The van der Waals surface area contributed by atoms with Gasteiger partial charge in [-0.1, -0.05) is 134 Å². The molecule has 0 aromatic heterocycles. The maximum absolute atomic E-state index is 15.4. The van der Waals surface area contributed by atoms with Crippen LogP contribution in [0.3, 0.4) is 0 Å². The van der Waals surface area contributed by atoms with Gasteiger partial charge in [-0.2, -0.15) is 0 Å². The predicted octanol–water partition coefficient (Wildman–Crippen LogP) is 7.77. The van der Waals surface area contributed by atoms with E-state index in [4.69, 9.17) is 0 Å². The second kappa shape index (κ2) is 8.95. The number of fused-ring (bicyclic) bond motifs is 11. The van der Waals surface area contributed by atoms with E-state index in [1.807, 2.05) is 48.5 Å². The molecule has 1 spiro atoms. The topological polar surface area (TPSA) is 34.1 Å². The van der Waals surface area contributed by atoms with Gasteiger partial charge in [-0.05, 0) is 69.5 Å². The lowest BCUT2D eigenvalue weighted by atomic mass is 9.77. The Bertz CT molecular complexity index is 2100. The molecule has 6 aromatic carbocycles. The predicted molar refractivity (Wildman–Crippen MR) is 188 cm³/mol. The van der Waals surface area contributed by atoms with Gasteiger partial charge in [0.1, 0.15) is 0 Å². The zero-order chi connectivity index (χ0) is 30.0. The first-order chi connectivity index (χ1) is 22.0. The van der Waals surface area contributed by atoms with Gasteiger partial charge in [-0.3, -0.25) is 0 Å². The van der Waals surface area contributed by atoms with E-state index in [0.29, 0.717) is 0 Å². The fourth-order valence-corrected chi connectivity index (χ4v) is 15.2. The van der Waals surface area contributed by atoms with Crippen LogP contribution in [0.25, 0.3) is 33.4 Å². The van der Waals surface area contributed by atoms with Gasteiger partial charge in [0.25, 0.3) is 0 Å². The van der Waals surface area contributed by atoms with Crippen LogP contribution in [0.2, 0.25) is 0 Å². The van der Waals surface area contributed by atoms with Gasteiger partial charge >= 0.3 is 0 Å². The van der Waals surface area contributed by atoms with E-state index in [0.717, 1.165) is 79.8 Å². The number of benzene rings is 6. The van der Waals surface area contributed by atoms with E-state index in [1.54, 1.807) is 0 Å². The summed E-state index contributed by atoms with van der Waals surface area (Å²) in [5.41, 5.74) is 9.25. The molecule has 45 heavy (non-hydrogen) atoms. The highest BCUT2D eigenvalue weighted by atomic mass is 31.2. The highest BCUT2D eigenvalue weighted by Gasteiger charge is 2.48. The van der Waals surface area contributed by atoms with Crippen molar-refractivity contribution in [2.75, 3.05) is 0 Å². The Labute approximate surface area is 263 Å². The second-order valence-corrected chi connectivity index (χ2v) is 18.4. The summed E-state index contributed by atoms with van der Waals surface area (Å²) in [4.78, 5) is 0. The fraction of sp³-hybridized carbons (Fsp3) is 0.122. The van der Waals surface area contributed by atoms with Gasteiger partial charge in [0.05, 0.1) is 0 Å². The van der Waals surface area contributed by atoms with Crippen LogP contribution >= 0.6 is 14.3 Å². The first kappa shape index (κ1) is 26.0. The molecular formula is C41H30O2P2. The molecule has 0 atom stereocenters. The lowest BCUT2D eigenvalue weighted by Gasteiger charge is -2.28. The van der Waals surface area contributed by atoms with Crippen LogP contribution in [-0.4, -0.2) is 0 Å². The third kappa shape index (κ3) is 3.13. The molecule has 4 aliphatic rings. The molecule has 2 aliphatic heterocycles. The summed E-state index contributed by atoms with van der Waals surface area (Å²) >= 11 is 0. The number of rotatable bonds is 2. The van der Waals surface area contributed by atoms with Crippen molar-refractivity contribution in [1.29, 1.82) is 0 Å². The lowest BCUT2D eigenvalue weighted by molar-refractivity contribution is 0.550. The zero-order valence-electron chi connectivity index (χ0n) is 24.7. The molecule has 0 bridgehead atoms. The molecule has 4 heteroatoms. The largest absolute Gasteiger partial charge is 0.309 e. The Kier molecular flexibility index (Phi) is 5.18. The highest BCUT2D eigenvalue weighted by Crippen LogP contribution is 2.60. The third-order valence-corrected chi connectivity index (χ3v) is 17.4. The molecule has 2 heterocycles. The quantitative estimate of drug-likeness (QED) is 0.186. The van der Waals surface area contributed by atoms with Gasteiger partial charge in [0, 0.05) is 37.2 Å². The van der Waals surface area contributed by atoms with Crippen molar-refractivity contribution in [3.05, 3.63) is 145 Å². The molecule has 0 N–H and O–H groups in total. The van der Waals surface area contributed by atoms with Crippen LogP contribution in [0, 0.1) is 0 Å². The minimum absolute atomic E-state index is 0.160. The van der Waals surface area contributed by atoms with E-state index >= 15 is 9.13 Å². The van der Waals surface area contributed by atoms with Gasteiger partial charge in [0.2, 0.25) is 0 Å². The van der Waals surface area contributed by atoms with Crippen molar-refractivity contribution in [3.63, 3.8) is 0 Å². The van der Waals surface area contributed by atoms with E-state index in [9.17, 15) is 0 Å². The highest BCUT2D eigenvalue weighted by molar-refractivity contribution is 7.87. The molecule has 2 aliphatic carbocycles. The first-order valence-corrected chi connectivity index (χ1v) is 19.4. The summed E-state index contributed by atoms with van der Waals surface area (Å²) in [7, 11) is -6.08. The van der Waals surface area contributed by atoms with Gasteiger partial charge in [-0.25, -0.2) is 0 Å².